The zero-order valence-corrected chi connectivity index (χ0v) is 5.61. The summed E-state index contributed by atoms with van der Waals surface area (Å²) in [6, 6.07) is 0. The molecule has 7 nitrogen and oxygen atoms in total. The Morgan fingerprint density at radius 3 is 1.45 bits per heavy atom. The highest BCUT2D eigenvalue weighted by Gasteiger charge is 1.86. The van der Waals surface area contributed by atoms with Gasteiger partial charge in [0.15, 0.2) is 0 Å². The Hall–Kier alpha value is -1.18. The Morgan fingerprint density at radius 2 is 1.27 bits per heavy atom. The smallest absolute Gasteiger partial charge is 0.0866 e. The van der Waals surface area contributed by atoms with E-state index in [4.69, 9.17) is 0 Å². The van der Waals surface area contributed by atoms with Gasteiger partial charge in [-0.3, -0.25) is 0 Å². The first kappa shape index (κ1) is 16.4. The Kier molecular flexibility index (Phi) is 13.2. The summed E-state index contributed by atoms with van der Waals surface area (Å²) in [6.45, 7) is -1.43. The van der Waals surface area contributed by atoms with Crippen LogP contribution in [0.15, 0.2) is 0 Å². The third-order valence-corrected chi connectivity index (χ3v) is 0.440. The van der Waals surface area contributed by atoms with E-state index in [1.54, 1.807) is 0 Å². The van der Waals surface area contributed by atoms with E-state index in [2.05, 4.69) is 4.74 Å². The molecule has 6 N–H and O–H groups in total. The molecule has 0 aliphatic carbocycles. The number of ether oxygens (including phenoxy) is 1. The molecule has 11 heavy (non-hydrogen) atoms. The second kappa shape index (κ2) is 8.82. The van der Waals surface area contributed by atoms with Crippen LogP contribution in [0.5, 0.6) is 0 Å². The Bertz CT molecular complexity index is 106. The molecular weight excluding hydrogens is 160 g/mol. The zero-order chi connectivity index (χ0) is 7.28. The summed E-state index contributed by atoms with van der Waals surface area (Å²) < 4.78 is 4.03. The Balaban J connectivity index is -0.000000320. The highest BCUT2D eigenvalue weighted by molar-refractivity contribution is 5.68. The molecule has 0 unspecified atom stereocenters. The summed E-state index contributed by atoms with van der Waals surface area (Å²) in [4.78, 5) is 19.1. The van der Waals surface area contributed by atoms with Crippen molar-refractivity contribution in [2.75, 3.05) is 13.2 Å². The first-order valence-electron chi connectivity index (χ1n) is 2.10. The SMILES string of the molecule is O=C([O-])COCC(=O)[O-].[OH3+].[OH3+]. The Morgan fingerprint density at radius 1 is 1.00 bits per heavy atom. The number of hydrogen-bond acceptors (Lipinski definition) is 5. The highest BCUT2D eigenvalue weighted by Crippen LogP contribution is 1.68. The lowest BCUT2D eigenvalue weighted by molar-refractivity contribution is -0.316. The van der Waals surface area contributed by atoms with Crippen LogP contribution in [-0.4, -0.2) is 25.2 Å². The molecule has 0 fully saturated rings. The van der Waals surface area contributed by atoms with E-state index in [9.17, 15) is 19.8 Å². The quantitative estimate of drug-likeness (QED) is 0.385. The fourth-order valence-electron chi connectivity index (χ4n) is 0.218. The maximum Gasteiger partial charge on any atom is 0.0866 e. The van der Waals surface area contributed by atoms with Crippen molar-refractivity contribution in [1.29, 1.82) is 0 Å². The number of carboxylic acid groups (broad SMARTS) is 2. The van der Waals surface area contributed by atoms with Crippen molar-refractivity contribution in [2.45, 2.75) is 0 Å². The summed E-state index contributed by atoms with van der Waals surface area (Å²) in [6.07, 6.45) is 0. The van der Waals surface area contributed by atoms with Gasteiger partial charge in [-0.15, -0.1) is 0 Å². The maximum absolute atomic E-state index is 9.53. The van der Waals surface area contributed by atoms with Crippen LogP contribution in [0.4, 0.5) is 0 Å². The summed E-state index contributed by atoms with van der Waals surface area (Å²) in [7, 11) is 0. The lowest BCUT2D eigenvalue weighted by Crippen LogP contribution is -2.32. The molecule has 7 heteroatoms. The molecule has 0 rings (SSSR count). The van der Waals surface area contributed by atoms with Crippen LogP contribution in [0.2, 0.25) is 0 Å². The fraction of sp³-hybridized carbons (Fsp3) is 0.500. The van der Waals surface area contributed by atoms with Gasteiger partial charge in [-0.1, -0.05) is 0 Å². The number of aliphatic carboxylic acids is 2. The molecule has 0 aliphatic heterocycles. The molecule has 0 aromatic carbocycles. The molecular formula is C4H10O7. The monoisotopic (exact) mass is 170 g/mol. The van der Waals surface area contributed by atoms with Crippen molar-refractivity contribution >= 4 is 11.9 Å². The normalized spacial score (nSPS) is 7.27. The lowest BCUT2D eigenvalue weighted by atomic mass is 10.7. The van der Waals surface area contributed by atoms with Gasteiger partial charge in [0.25, 0.3) is 0 Å². The minimum Gasteiger partial charge on any atom is -0.548 e. The van der Waals surface area contributed by atoms with E-state index in [0.717, 1.165) is 0 Å². The van der Waals surface area contributed by atoms with Crippen LogP contribution >= 0.6 is 0 Å². The zero-order valence-electron chi connectivity index (χ0n) is 5.61. The topological polar surface area (TPSA) is 155 Å². The molecule has 0 radical (unpaired) electrons. The van der Waals surface area contributed by atoms with E-state index in [1.807, 2.05) is 0 Å². The van der Waals surface area contributed by atoms with Gasteiger partial charge >= 0.3 is 0 Å². The molecule has 0 bridgehead atoms. The number of carbonyl (C=O) groups is 2. The van der Waals surface area contributed by atoms with Crippen LogP contribution in [0.3, 0.4) is 0 Å². The van der Waals surface area contributed by atoms with Gasteiger partial charge < -0.3 is 35.5 Å². The predicted octanol–water partition coefficient (Wildman–Crippen LogP) is -5.34. The minimum absolute atomic E-state index is 0. The van der Waals surface area contributed by atoms with E-state index in [1.165, 1.54) is 0 Å². The first-order chi connectivity index (χ1) is 4.13. The molecule has 0 amide bonds. The lowest BCUT2D eigenvalue weighted by Gasteiger charge is -2.03. The van der Waals surface area contributed by atoms with Gasteiger partial charge in [0, 0.05) is 0 Å². The number of carboxylic acids is 2. The van der Waals surface area contributed by atoms with Gasteiger partial charge in [-0.05, 0) is 0 Å². The summed E-state index contributed by atoms with van der Waals surface area (Å²) in [5.41, 5.74) is 0. The average molecular weight is 170 g/mol. The maximum atomic E-state index is 9.53. The summed E-state index contributed by atoms with van der Waals surface area (Å²) in [5.74, 6) is -2.90. The van der Waals surface area contributed by atoms with Crippen LogP contribution in [-0.2, 0) is 25.3 Å². The number of hydrogen-bond donors (Lipinski definition) is 0. The number of carbonyl (C=O) groups excluding carboxylic acids is 2. The van der Waals surface area contributed by atoms with Crippen molar-refractivity contribution in [1.82, 2.24) is 0 Å². The molecule has 0 saturated heterocycles. The van der Waals surface area contributed by atoms with E-state index in [-0.39, 0.29) is 11.0 Å². The minimum atomic E-state index is -1.45. The summed E-state index contributed by atoms with van der Waals surface area (Å²) in [5, 5.41) is 19.1. The largest absolute Gasteiger partial charge is 0.548 e. The highest BCUT2D eigenvalue weighted by atomic mass is 16.5. The van der Waals surface area contributed by atoms with Gasteiger partial charge in [-0.2, -0.15) is 0 Å². The third-order valence-electron chi connectivity index (χ3n) is 0.440. The molecule has 0 aromatic heterocycles. The van der Waals surface area contributed by atoms with Crippen LogP contribution in [0, 0.1) is 0 Å². The number of rotatable bonds is 4. The van der Waals surface area contributed by atoms with Crippen molar-refractivity contribution in [2.24, 2.45) is 0 Å². The van der Waals surface area contributed by atoms with Crippen LogP contribution in [0.25, 0.3) is 0 Å². The molecule has 0 saturated carbocycles. The van der Waals surface area contributed by atoms with E-state index >= 15 is 0 Å². The van der Waals surface area contributed by atoms with Crippen molar-refractivity contribution in [3.05, 3.63) is 0 Å². The third kappa shape index (κ3) is 17.7. The summed E-state index contributed by atoms with van der Waals surface area (Å²) >= 11 is 0. The van der Waals surface area contributed by atoms with Crippen LogP contribution < -0.4 is 10.2 Å². The Labute approximate surface area is 61.8 Å². The van der Waals surface area contributed by atoms with Crippen LogP contribution in [0.1, 0.15) is 0 Å². The van der Waals surface area contributed by atoms with E-state index in [0.29, 0.717) is 0 Å². The van der Waals surface area contributed by atoms with Gasteiger partial charge in [-0.25, -0.2) is 0 Å². The second-order valence-corrected chi connectivity index (χ2v) is 1.24. The van der Waals surface area contributed by atoms with E-state index < -0.39 is 25.2 Å². The second-order valence-electron chi connectivity index (χ2n) is 1.24. The average Bonchev–Trinajstić information content (AvgIpc) is 1.63. The first-order valence-corrected chi connectivity index (χ1v) is 2.10. The molecule has 0 aromatic rings. The van der Waals surface area contributed by atoms with Gasteiger partial charge in [0.1, 0.15) is 0 Å². The predicted molar refractivity (Wildman–Crippen MR) is 30.6 cm³/mol. The molecule has 0 spiro atoms. The van der Waals surface area contributed by atoms with Crippen molar-refractivity contribution in [3.8, 4) is 0 Å². The molecule has 0 aliphatic rings. The standard InChI is InChI=1S/C4H6O5.2H2O/c5-3(6)1-9-2-4(7)8;;/h1-2H2,(H,5,6)(H,7,8);2*1H2. The van der Waals surface area contributed by atoms with Gasteiger partial charge in [0.2, 0.25) is 0 Å². The van der Waals surface area contributed by atoms with Crippen molar-refractivity contribution in [3.63, 3.8) is 0 Å². The fourth-order valence-corrected chi connectivity index (χ4v) is 0.218. The molecule has 0 heterocycles. The van der Waals surface area contributed by atoms with Crippen molar-refractivity contribution < 1.29 is 35.5 Å². The molecule has 68 valence electrons. The molecule has 0 atom stereocenters. The van der Waals surface area contributed by atoms with Gasteiger partial charge in [0.05, 0.1) is 25.2 Å².